The molecule has 0 radical (unpaired) electrons. The number of carbonyl (C=O) groups is 2. The van der Waals surface area contributed by atoms with Crippen LogP contribution in [0.3, 0.4) is 0 Å². The van der Waals surface area contributed by atoms with Gasteiger partial charge in [-0.25, -0.2) is 4.98 Å². The average molecular weight is 414 g/mol. The fraction of sp³-hybridized carbons (Fsp3) is 0.316. The lowest BCUT2D eigenvalue weighted by molar-refractivity contribution is -0.131. The molecule has 0 saturated carbocycles. The van der Waals surface area contributed by atoms with E-state index in [0.29, 0.717) is 5.13 Å². The van der Waals surface area contributed by atoms with E-state index in [2.05, 4.69) is 20.5 Å². The Balaban J connectivity index is 1.45. The third kappa shape index (κ3) is 5.69. The number of rotatable bonds is 8. The summed E-state index contributed by atoms with van der Waals surface area (Å²) in [6.07, 6.45) is 3.57. The highest BCUT2D eigenvalue weighted by Gasteiger charge is 2.22. The van der Waals surface area contributed by atoms with E-state index in [4.69, 9.17) is 0 Å². The predicted octanol–water partition coefficient (Wildman–Crippen LogP) is 2.00. The molecule has 1 unspecified atom stereocenters. The minimum Gasteiger partial charge on any atom is -0.378 e. The number of thiazole rings is 1. The van der Waals surface area contributed by atoms with E-state index in [0.717, 1.165) is 16.3 Å². The van der Waals surface area contributed by atoms with Crippen LogP contribution in [-0.4, -0.2) is 60.2 Å². The molecule has 1 aliphatic rings. The van der Waals surface area contributed by atoms with Gasteiger partial charge in [0.05, 0.1) is 12.1 Å². The zero-order valence-electron chi connectivity index (χ0n) is 16.1. The number of nitrogens with one attached hydrogen (secondary N) is 1. The van der Waals surface area contributed by atoms with Crippen LogP contribution in [-0.2, 0) is 16.0 Å². The van der Waals surface area contributed by atoms with E-state index in [1.54, 1.807) is 6.20 Å². The van der Waals surface area contributed by atoms with Crippen LogP contribution in [0, 0.1) is 0 Å². The SMILES string of the molecule is CN(C)c1ccc(N=Nc2ncc(CC(=O)NCCN3C(=O)C=CC3O)s2)cc1. The molecule has 1 aromatic heterocycles. The maximum atomic E-state index is 12.1. The van der Waals surface area contributed by atoms with Crippen molar-refractivity contribution in [1.29, 1.82) is 0 Å². The van der Waals surface area contributed by atoms with Crippen molar-refractivity contribution in [2.24, 2.45) is 10.2 Å². The number of hydrogen-bond acceptors (Lipinski definition) is 8. The van der Waals surface area contributed by atoms with Gasteiger partial charge < -0.3 is 20.2 Å². The number of hydrogen-bond donors (Lipinski definition) is 2. The van der Waals surface area contributed by atoms with Gasteiger partial charge in [0.15, 0.2) is 0 Å². The first-order valence-electron chi connectivity index (χ1n) is 9.00. The quantitative estimate of drug-likeness (QED) is 0.642. The summed E-state index contributed by atoms with van der Waals surface area (Å²) in [7, 11) is 3.94. The molecular weight excluding hydrogens is 392 g/mol. The Bertz CT molecular complexity index is 922. The molecule has 3 rings (SSSR count). The van der Waals surface area contributed by atoms with Crippen molar-refractivity contribution in [2.45, 2.75) is 12.6 Å². The number of aliphatic hydroxyl groups is 1. The van der Waals surface area contributed by atoms with Gasteiger partial charge in [0.2, 0.25) is 16.9 Å². The van der Waals surface area contributed by atoms with Gasteiger partial charge in [-0.1, -0.05) is 11.3 Å². The van der Waals surface area contributed by atoms with Crippen LogP contribution in [0.1, 0.15) is 4.88 Å². The normalized spacial score (nSPS) is 16.0. The van der Waals surface area contributed by atoms with Crippen LogP contribution in [0.5, 0.6) is 0 Å². The number of carbonyl (C=O) groups excluding carboxylic acids is 2. The van der Waals surface area contributed by atoms with Crippen molar-refractivity contribution in [2.75, 3.05) is 32.1 Å². The van der Waals surface area contributed by atoms with Crippen molar-refractivity contribution in [3.63, 3.8) is 0 Å². The van der Waals surface area contributed by atoms with E-state index < -0.39 is 6.23 Å². The molecule has 0 saturated heterocycles. The van der Waals surface area contributed by atoms with Crippen molar-refractivity contribution >= 4 is 39.7 Å². The fourth-order valence-electron chi connectivity index (χ4n) is 2.62. The van der Waals surface area contributed by atoms with Gasteiger partial charge in [0.25, 0.3) is 0 Å². The monoisotopic (exact) mass is 414 g/mol. The average Bonchev–Trinajstić information content (AvgIpc) is 3.27. The molecule has 0 spiro atoms. The van der Waals surface area contributed by atoms with Crippen molar-refractivity contribution in [3.05, 3.63) is 47.5 Å². The molecule has 0 fully saturated rings. The molecule has 1 aromatic carbocycles. The van der Waals surface area contributed by atoms with Gasteiger partial charge in [0, 0.05) is 50.0 Å². The maximum absolute atomic E-state index is 12.1. The molecule has 2 heterocycles. The standard InChI is InChI=1S/C19H22N6O3S/c1-24(2)14-5-3-13(4-6-14)22-23-19-21-12-15(29-19)11-16(26)20-9-10-25-17(27)7-8-18(25)28/h3-8,12,17,27H,9-11H2,1-2H3,(H,20,26). The van der Waals surface area contributed by atoms with Crippen LogP contribution in [0.25, 0.3) is 0 Å². The minimum absolute atomic E-state index is 0.166. The zero-order chi connectivity index (χ0) is 20.8. The summed E-state index contributed by atoms with van der Waals surface area (Å²) < 4.78 is 0. The van der Waals surface area contributed by atoms with E-state index in [9.17, 15) is 14.7 Å². The summed E-state index contributed by atoms with van der Waals surface area (Å²) in [6.45, 7) is 0.505. The number of benzene rings is 1. The largest absolute Gasteiger partial charge is 0.378 e. The highest BCUT2D eigenvalue weighted by Crippen LogP contribution is 2.25. The molecule has 1 atom stereocenters. The molecule has 1 aliphatic heterocycles. The first kappa shape index (κ1) is 20.6. The van der Waals surface area contributed by atoms with Gasteiger partial charge in [0.1, 0.15) is 6.23 Å². The Labute approximate surface area is 172 Å². The number of aliphatic hydroxyl groups excluding tert-OH is 1. The van der Waals surface area contributed by atoms with Gasteiger partial charge in [-0.15, -0.1) is 10.2 Å². The summed E-state index contributed by atoms with van der Waals surface area (Å²) in [5, 5.41) is 21.1. The molecule has 2 amide bonds. The van der Waals surface area contributed by atoms with Gasteiger partial charge in [-0.3, -0.25) is 9.59 Å². The van der Waals surface area contributed by atoms with Gasteiger partial charge in [-0.2, -0.15) is 0 Å². The molecule has 2 aromatic rings. The van der Waals surface area contributed by atoms with Crippen LogP contribution in [0.4, 0.5) is 16.5 Å². The van der Waals surface area contributed by atoms with Gasteiger partial charge in [-0.05, 0) is 30.3 Å². The van der Waals surface area contributed by atoms with Crippen LogP contribution < -0.4 is 10.2 Å². The zero-order valence-corrected chi connectivity index (χ0v) is 17.0. The summed E-state index contributed by atoms with van der Waals surface area (Å²) in [4.78, 5) is 31.8. The number of azo groups is 1. The van der Waals surface area contributed by atoms with E-state index in [1.807, 2.05) is 43.3 Å². The predicted molar refractivity (Wildman–Crippen MR) is 111 cm³/mol. The van der Waals surface area contributed by atoms with Crippen LogP contribution >= 0.6 is 11.3 Å². The van der Waals surface area contributed by atoms with E-state index in [1.165, 1.54) is 28.4 Å². The Morgan fingerprint density at radius 2 is 2.07 bits per heavy atom. The van der Waals surface area contributed by atoms with Crippen LogP contribution in [0.15, 0.2) is 52.8 Å². The topological polar surface area (TPSA) is 110 Å². The smallest absolute Gasteiger partial charge is 0.248 e. The molecule has 29 heavy (non-hydrogen) atoms. The van der Waals surface area contributed by atoms with E-state index >= 15 is 0 Å². The molecule has 152 valence electrons. The highest BCUT2D eigenvalue weighted by molar-refractivity contribution is 7.15. The Morgan fingerprint density at radius 1 is 1.31 bits per heavy atom. The molecule has 0 aliphatic carbocycles. The lowest BCUT2D eigenvalue weighted by atomic mass is 10.3. The molecule has 2 N–H and O–H groups in total. The first-order chi connectivity index (χ1) is 13.9. The van der Waals surface area contributed by atoms with Crippen molar-refractivity contribution in [3.8, 4) is 0 Å². The lowest BCUT2D eigenvalue weighted by Crippen LogP contribution is -2.40. The second-order valence-corrected chi connectivity index (χ2v) is 7.64. The van der Waals surface area contributed by atoms with Gasteiger partial charge >= 0.3 is 0 Å². The number of nitrogens with zero attached hydrogens (tertiary/aromatic N) is 5. The van der Waals surface area contributed by atoms with Crippen molar-refractivity contribution < 1.29 is 14.7 Å². The Morgan fingerprint density at radius 3 is 2.72 bits per heavy atom. The second-order valence-electron chi connectivity index (χ2n) is 6.55. The highest BCUT2D eigenvalue weighted by atomic mass is 32.1. The minimum atomic E-state index is -0.923. The summed E-state index contributed by atoms with van der Waals surface area (Å²) in [6, 6.07) is 7.66. The second kappa shape index (κ2) is 9.39. The lowest BCUT2D eigenvalue weighted by Gasteiger charge is -2.20. The van der Waals surface area contributed by atoms with Crippen molar-refractivity contribution in [1.82, 2.24) is 15.2 Å². The fourth-order valence-corrected chi connectivity index (χ4v) is 3.35. The Hall–Kier alpha value is -3.11. The Kier molecular flexibility index (Phi) is 6.68. The first-order valence-corrected chi connectivity index (χ1v) is 9.81. The summed E-state index contributed by atoms with van der Waals surface area (Å²) in [5.74, 6) is -0.453. The van der Waals surface area contributed by atoms with Crippen LogP contribution in [0.2, 0.25) is 0 Å². The number of anilines is 1. The molecule has 10 heteroatoms. The third-order valence-electron chi connectivity index (χ3n) is 4.18. The summed E-state index contributed by atoms with van der Waals surface area (Å²) >= 11 is 1.29. The number of amides is 2. The van der Waals surface area contributed by atoms with E-state index in [-0.39, 0.29) is 31.3 Å². The molecule has 9 nitrogen and oxygen atoms in total. The maximum Gasteiger partial charge on any atom is 0.248 e. The molecule has 0 bridgehead atoms. The number of aromatic nitrogens is 1. The third-order valence-corrected chi connectivity index (χ3v) is 5.06. The molecular formula is C19H22N6O3S. The summed E-state index contributed by atoms with van der Waals surface area (Å²) in [5.41, 5.74) is 1.80.